The monoisotopic (exact) mass is 425 g/mol. The molecule has 5 aromatic rings. The minimum atomic E-state index is -0.485. The van der Waals surface area contributed by atoms with E-state index in [1.54, 1.807) is 30.5 Å². The molecule has 3 aromatic heterocycles. The third-order valence-corrected chi connectivity index (χ3v) is 5.45. The van der Waals surface area contributed by atoms with Gasteiger partial charge < -0.3 is 15.5 Å². The van der Waals surface area contributed by atoms with Crippen LogP contribution < -0.4 is 16.5 Å². The molecule has 0 aliphatic rings. The van der Waals surface area contributed by atoms with E-state index in [4.69, 9.17) is 10.2 Å². The lowest BCUT2D eigenvalue weighted by molar-refractivity contribution is 0.1000. The second kappa shape index (κ2) is 7.66. The summed E-state index contributed by atoms with van der Waals surface area (Å²) in [6, 6.07) is 14.2. The molecule has 0 spiro atoms. The van der Waals surface area contributed by atoms with Crippen molar-refractivity contribution >= 4 is 33.6 Å². The first-order chi connectivity index (χ1) is 15.5. The molecule has 1 amide bonds. The summed E-state index contributed by atoms with van der Waals surface area (Å²) < 4.78 is 5.69. The fourth-order valence-electron chi connectivity index (χ4n) is 3.68. The van der Waals surface area contributed by atoms with Crippen LogP contribution >= 0.6 is 0 Å². The number of fused-ring (bicyclic) bond motifs is 2. The summed E-state index contributed by atoms with van der Waals surface area (Å²) in [5.41, 5.74) is 8.96. The Hall–Kier alpha value is -4.46. The van der Waals surface area contributed by atoms with Crippen LogP contribution in [0.2, 0.25) is 0 Å². The number of aromatic nitrogens is 3. The van der Waals surface area contributed by atoms with Crippen molar-refractivity contribution in [2.45, 2.75) is 13.0 Å². The lowest BCUT2D eigenvalue weighted by Gasteiger charge is -2.16. The Balaban J connectivity index is 1.50. The smallest absolute Gasteiger partial charge is 0.248 e. The minimum Gasteiger partial charge on any atom is -0.462 e. The Morgan fingerprint density at radius 1 is 1.16 bits per heavy atom. The Morgan fingerprint density at radius 3 is 2.88 bits per heavy atom. The molecular weight excluding hydrogens is 406 g/mol. The molecule has 0 aliphatic heterocycles. The van der Waals surface area contributed by atoms with E-state index < -0.39 is 5.91 Å². The third-order valence-electron chi connectivity index (χ3n) is 5.45. The molecule has 0 bridgehead atoms. The topological polar surface area (TPSA) is 127 Å². The maximum absolute atomic E-state index is 13.2. The summed E-state index contributed by atoms with van der Waals surface area (Å²) in [6.07, 6.45) is 4.70. The second-order valence-corrected chi connectivity index (χ2v) is 7.57. The molecular formula is C24H19N5O3. The van der Waals surface area contributed by atoms with Gasteiger partial charge in [0.15, 0.2) is 5.58 Å². The van der Waals surface area contributed by atoms with Crippen molar-refractivity contribution in [2.75, 3.05) is 5.32 Å². The number of anilines is 1. The van der Waals surface area contributed by atoms with E-state index in [9.17, 15) is 9.59 Å². The fraction of sp³-hybridized carbons (Fsp3) is 0.0833. The van der Waals surface area contributed by atoms with Crippen LogP contribution in [0.25, 0.3) is 33.0 Å². The number of primary amides is 1. The number of benzene rings is 2. The SMILES string of the molecule is CC(Nc1cc2c(=O)c(-c3ccc4cn[nH]c4c3)coc2cn1)c1cccc(C(N)=O)c1. The highest BCUT2D eigenvalue weighted by Crippen LogP contribution is 2.25. The number of H-pyrrole nitrogens is 1. The second-order valence-electron chi connectivity index (χ2n) is 7.57. The predicted molar refractivity (Wildman–Crippen MR) is 122 cm³/mol. The molecule has 158 valence electrons. The first kappa shape index (κ1) is 19.5. The first-order valence-corrected chi connectivity index (χ1v) is 10.0. The van der Waals surface area contributed by atoms with Gasteiger partial charge in [-0.2, -0.15) is 5.10 Å². The Labute approximate surface area is 182 Å². The van der Waals surface area contributed by atoms with Crippen molar-refractivity contribution in [1.82, 2.24) is 15.2 Å². The lowest BCUT2D eigenvalue weighted by atomic mass is 10.0. The molecule has 0 saturated carbocycles. The standard InChI is InChI=1S/C24H19N5O3/c1-13(14-3-2-4-16(7-14)24(25)31)28-22-9-18-21(11-26-22)32-12-19(23(18)30)15-5-6-17-10-27-29-20(17)8-15/h2-13H,1H3,(H2,25,31)(H,26,28)(H,27,29). The van der Waals surface area contributed by atoms with Gasteiger partial charge in [0.25, 0.3) is 0 Å². The van der Waals surface area contributed by atoms with Crippen LogP contribution in [0.3, 0.4) is 0 Å². The number of hydrogen-bond acceptors (Lipinski definition) is 6. The van der Waals surface area contributed by atoms with E-state index >= 15 is 0 Å². The van der Waals surface area contributed by atoms with Crippen LogP contribution in [0.4, 0.5) is 5.82 Å². The van der Waals surface area contributed by atoms with Gasteiger partial charge in [0.1, 0.15) is 12.1 Å². The predicted octanol–water partition coefficient (Wildman–Crippen LogP) is 4.00. The van der Waals surface area contributed by atoms with Gasteiger partial charge in [-0.25, -0.2) is 4.98 Å². The van der Waals surface area contributed by atoms with E-state index in [1.807, 2.05) is 31.2 Å². The molecule has 32 heavy (non-hydrogen) atoms. The molecule has 4 N–H and O–H groups in total. The maximum atomic E-state index is 13.2. The average molecular weight is 425 g/mol. The normalized spacial score (nSPS) is 12.2. The van der Waals surface area contributed by atoms with E-state index in [1.165, 1.54) is 12.5 Å². The minimum absolute atomic E-state index is 0.154. The van der Waals surface area contributed by atoms with Crippen molar-refractivity contribution in [3.63, 3.8) is 0 Å². The number of amides is 1. The number of pyridine rings is 1. The number of carbonyl (C=O) groups excluding carboxylic acids is 1. The summed E-state index contributed by atoms with van der Waals surface area (Å²) >= 11 is 0. The molecule has 0 aliphatic carbocycles. The summed E-state index contributed by atoms with van der Waals surface area (Å²) in [7, 11) is 0. The molecule has 0 saturated heterocycles. The van der Waals surface area contributed by atoms with Crippen molar-refractivity contribution < 1.29 is 9.21 Å². The molecule has 8 nitrogen and oxygen atoms in total. The molecule has 5 rings (SSSR count). The fourth-order valence-corrected chi connectivity index (χ4v) is 3.68. The molecule has 0 radical (unpaired) electrons. The van der Waals surface area contributed by atoms with E-state index in [0.717, 1.165) is 22.0 Å². The van der Waals surface area contributed by atoms with Gasteiger partial charge in [0.2, 0.25) is 11.3 Å². The van der Waals surface area contributed by atoms with Crippen LogP contribution in [-0.4, -0.2) is 21.1 Å². The summed E-state index contributed by atoms with van der Waals surface area (Å²) in [4.78, 5) is 29.1. The molecule has 3 heterocycles. The Kier molecular flexibility index (Phi) is 4.67. The van der Waals surface area contributed by atoms with Crippen LogP contribution in [-0.2, 0) is 0 Å². The molecule has 2 aromatic carbocycles. The van der Waals surface area contributed by atoms with Gasteiger partial charge in [-0.1, -0.05) is 24.3 Å². The first-order valence-electron chi connectivity index (χ1n) is 10.0. The lowest BCUT2D eigenvalue weighted by Crippen LogP contribution is -2.13. The summed E-state index contributed by atoms with van der Waals surface area (Å²) in [6.45, 7) is 1.94. The van der Waals surface area contributed by atoms with Gasteiger partial charge in [-0.15, -0.1) is 0 Å². The van der Waals surface area contributed by atoms with E-state index in [-0.39, 0.29) is 11.5 Å². The van der Waals surface area contributed by atoms with Crippen molar-refractivity contribution in [1.29, 1.82) is 0 Å². The van der Waals surface area contributed by atoms with Crippen LogP contribution in [0.15, 0.2) is 76.4 Å². The van der Waals surface area contributed by atoms with Gasteiger partial charge in [-0.3, -0.25) is 14.7 Å². The number of hydrogen-bond donors (Lipinski definition) is 3. The van der Waals surface area contributed by atoms with Crippen LogP contribution in [0.1, 0.15) is 28.9 Å². The number of nitrogens with one attached hydrogen (secondary N) is 2. The molecule has 0 fully saturated rings. The van der Waals surface area contributed by atoms with Gasteiger partial charge >= 0.3 is 0 Å². The number of carbonyl (C=O) groups is 1. The highest BCUT2D eigenvalue weighted by atomic mass is 16.3. The van der Waals surface area contributed by atoms with E-state index in [0.29, 0.717) is 27.9 Å². The van der Waals surface area contributed by atoms with Crippen molar-refractivity contribution in [3.8, 4) is 11.1 Å². The van der Waals surface area contributed by atoms with Crippen molar-refractivity contribution in [2.24, 2.45) is 5.73 Å². The summed E-state index contributed by atoms with van der Waals surface area (Å²) in [5, 5.41) is 11.6. The highest BCUT2D eigenvalue weighted by Gasteiger charge is 2.13. The zero-order valence-corrected chi connectivity index (χ0v) is 17.1. The molecule has 1 atom stereocenters. The number of nitrogens with two attached hydrogens (primary N) is 1. The van der Waals surface area contributed by atoms with Gasteiger partial charge in [-0.05, 0) is 42.3 Å². The molecule has 1 unspecified atom stereocenters. The zero-order chi connectivity index (χ0) is 22.2. The Morgan fingerprint density at radius 2 is 2.03 bits per heavy atom. The van der Waals surface area contributed by atoms with Gasteiger partial charge in [0.05, 0.1) is 28.9 Å². The van der Waals surface area contributed by atoms with Crippen LogP contribution in [0, 0.1) is 0 Å². The number of aromatic amines is 1. The number of nitrogens with zero attached hydrogens (tertiary/aromatic N) is 2. The quantitative estimate of drug-likeness (QED) is 0.391. The Bertz CT molecular complexity index is 1540. The van der Waals surface area contributed by atoms with Crippen molar-refractivity contribution in [3.05, 3.63) is 88.5 Å². The largest absolute Gasteiger partial charge is 0.462 e. The zero-order valence-electron chi connectivity index (χ0n) is 17.1. The summed E-state index contributed by atoms with van der Waals surface area (Å²) in [5.74, 6) is 0.0317. The van der Waals surface area contributed by atoms with Crippen LogP contribution in [0.5, 0.6) is 0 Å². The number of rotatable bonds is 5. The maximum Gasteiger partial charge on any atom is 0.248 e. The molecule has 8 heteroatoms. The van der Waals surface area contributed by atoms with Gasteiger partial charge in [0, 0.05) is 17.0 Å². The third kappa shape index (κ3) is 3.47. The van der Waals surface area contributed by atoms with E-state index in [2.05, 4.69) is 20.5 Å². The highest BCUT2D eigenvalue weighted by molar-refractivity contribution is 5.93. The average Bonchev–Trinajstić information content (AvgIpc) is 3.27.